The molecule has 1 amide bonds. The minimum atomic E-state index is -1.40. The third-order valence-electron chi connectivity index (χ3n) is 6.86. The van der Waals surface area contributed by atoms with E-state index in [-0.39, 0.29) is 18.2 Å². The topological polar surface area (TPSA) is 63.7 Å². The van der Waals surface area contributed by atoms with Crippen molar-refractivity contribution in [1.29, 1.82) is 0 Å². The van der Waals surface area contributed by atoms with E-state index in [1.807, 2.05) is 97.1 Å². The molecule has 184 valence electrons. The molecule has 5 rings (SSSR count). The Morgan fingerprint density at radius 1 is 0.730 bits per heavy atom. The van der Waals surface area contributed by atoms with Crippen molar-refractivity contribution in [2.75, 3.05) is 0 Å². The van der Waals surface area contributed by atoms with Crippen LogP contribution in [0.15, 0.2) is 121 Å². The summed E-state index contributed by atoms with van der Waals surface area (Å²) in [5, 5.41) is 0. The molecule has 0 aliphatic carbocycles. The van der Waals surface area contributed by atoms with Crippen LogP contribution in [0.1, 0.15) is 34.0 Å². The predicted molar refractivity (Wildman–Crippen MR) is 140 cm³/mol. The molecule has 0 N–H and O–H groups in total. The molecule has 1 fully saturated rings. The smallest absolute Gasteiger partial charge is 0.303 e. The van der Waals surface area contributed by atoms with Crippen LogP contribution in [0.3, 0.4) is 0 Å². The van der Waals surface area contributed by atoms with Gasteiger partial charge in [0, 0.05) is 30.2 Å². The van der Waals surface area contributed by atoms with Crippen LogP contribution in [0.5, 0.6) is 0 Å². The number of hydrogen-bond donors (Lipinski definition) is 0. The van der Waals surface area contributed by atoms with Gasteiger partial charge < -0.3 is 9.64 Å². The zero-order valence-corrected chi connectivity index (χ0v) is 20.5. The monoisotopic (exact) mass is 489 g/mol. The number of Topliss-reactive ketones (excluding diaryl/α,β-unsaturated/α-hetero) is 1. The maximum absolute atomic E-state index is 13.9. The molecule has 5 nitrogen and oxygen atoms in total. The Kier molecular flexibility index (Phi) is 6.69. The Balaban J connectivity index is 1.73. The third-order valence-corrected chi connectivity index (χ3v) is 6.86. The summed E-state index contributed by atoms with van der Waals surface area (Å²) in [5.74, 6) is -2.10. The van der Waals surface area contributed by atoms with E-state index in [2.05, 4.69) is 0 Å². The molecule has 2 atom stereocenters. The number of β-lactam (4-membered cyclic amide) rings is 1. The number of likely N-dealkylation sites (tertiary alicyclic amines) is 1. The number of ketones is 1. The Hall–Kier alpha value is -4.51. The number of carbonyl (C=O) groups excluding carboxylic acids is 3. The van der Waals surface area contributed by atoms with Crippen LogP contribution in [0.2, 0.25) is 0 Å². The molecule has 0 aromatic heterocycles. The largest absolute Gasteiger partial charge is 0.447 e. The average molecular weight is 490 g/mol. The summed E-state index contributed by atoms with van der Waals surface area (Å²) < 4.78 is 6.26. The molecule has 0 unspecified atom stereocenters. The van der Waals surface area contributed by atoms with Gasteiger partial charge in [0.25, 0.3) is 0 Å². The second-order valence-corrected chi connectivity index (χ2v) is 9.17. The fraction of sp³-hybridized carbons (Fsp3) is 0.156. The number of nitrogens with zero attached hydrogens (tertiary/aromatic N) is 1. The van der Waals surface area contributed by atoms with Crippen LogP contribution in [0.25, 0.3) is 0 Å². The van der Waals surface area contributed by atoms with E-state index in [1.54, 1.807) is 29.2 Å². The van der Waals surface area contributed by atoms with Crippen LogP contribution in [-0.4, -0.2) is 28.6 Å². The lowest BCUT2D eigenvalue weighted by molar-refractivity contribution is -0.185. The summed E-state index contributed by atoms with van der Waals surface area (Å²) in [6.07, 6.45) is 0. The minimum absolute atomic E-state index is 0.283. The molecular weight excluding hydrogens is 462 g/mol. The van der Waals surface area contributed by atoms with Crippen molar-refractivity contribution in [3.8, 4) is 0 Å². The molecule has 37 heavy (non-hydrogen) atoms. The van der Waals surface area contributed by atoms with Gasteiger partial charge in [-0.25, -0.2) is 0 Å². The van der Waals surface area contributed by atoms with Crippen molar-refractivity contribution >= 4 is 17.7 Å². The lowest BCUT2D eigenvalue weighted by Gasteiger charge is -2.55. The van der Waals surface area contributed by atoms with Gasteiger partial charge >= 0.3 is 5.97 Å². The van der Waals surface area contributed by atoms with Gasteiger partial charge in [0.1, 0.15) is 5.92 Å². The number of amides is 1. The number of hydrogen-bond acceptors (Lipinski definition) is 4. The number of ether oxygens (including phenoxy) is 1. The van der Waals surface area contributed by atoms with Gasteiger partial charge in [-0.2, -0.15) is 0 Å². The first-order chi connectivity index (χ1) is 18.0. The van der Waals surface area contributed by atoms with Crippen LogP contribution in [0.4, 0.5) is 0 Å². The molecule has 0 radical (unpaired) electrons. The van der Waals surface area contributed by atoms with E-state index in [0.717, 1.165) is 5.56 Å². The standard InChI is InChI=1S/C32H27NO4/c1-23(34)37-32(26-18-10-4-11-19-26,27-20-12-5-13-21-27)30-28(29(35)25-16-8-3-9-17-25)31(36)33(30)22-24-14-6-2-7-15-24/h2-21,28,30H,22H2,1H3/t28-,30+/m1/s1. The van der Waals surface area contributed by atoms with E-state index in [0.29, 0.717) is 16.7 Å². The summed E-state index contributed by atoms with van der Waals surface area (Å²) in [4.78, 5) is 42.0. The third kappa shape index (κ3) is 4.45. The average Bonchev–Trinajstić information content (AvgIpc) is 2.95. The number of rotatable bonds is 8. The van der Waals surface area contributed by atoms with Crippen molar-refractivity contribution < 1.29 is 19.1 Å². The molecule has 1 aliphatic heterocycles. The molecule has 0 saturated carbocycles. The van der Waals surface area contributed by atoms with Crippen molar-refractivity contribution in [3.63, 3.8) is 0 Å². The molecule has 4 aromatic rings. The van der Waals surface area contributed by atoms with Crippen LogP contribution in [-0.2, 0) is 26.5 Å². The van der Waals surface area contributed by atoms with Crippen molar-refractivity contribution in [2.45, 2.75) is 25.1 Å². The summed E-state index contributed by atoms with van der Waals surface area (Å²) in [6, 6.07) is 36.4. The van der Waals surface area contributed by atoms with Gasteiger partial charge in [0.05, 0.1) is 6.04 Å². The second-order valence-electron chi connectivity index (χ2n) is 9.17. The molecule has 4 aromatic carbocycles. The quantitative estimate of drug-likeness (QED) is 0.144. The highest BCUT2D eigenvalue weighted by Crippen LogP contribution is 2.49. The zero-order chi connectivity index (χ0) is 25.8. The Morgan fingerprint density at radius 3 is 1.68 bits per heavy atom. The van der Waals surface area contributed by atoms with Crippen molar-refractivity contribution in [2.24, 2.45) is 5.92 Å². The Morgan fingerprint density at radius 2 is 1.19 bits per heavy atom. The van der Waals surface area contributed by atoms with Crippen LogP contribution in [0, 0.1) is 5.92 Å². The lowest BCUT2D eigenvalue weighted by Crippen LogP contribution is -2.71. The molecule has 1 heterocycles. The first-order valence-electron chi connectivity index (χ1n) is 12.3. The van der Waals surface area contributed by atoms with Crippen molar-refractivity contribution in [3.05, 3.63) is 144 Å². The van der Waals surface area contributed by atoms with Gasteiger partial charge in [-0.1, -0.05) is 121 Å². The van der Waals surface area contributed by atoms with Gasteiger partial charge in [-0.3, -0.25) is 14.4 Å². The van der Waals surface area contributed by atoms with Gasteiger partial charge in [0.2, 0.25) is 5.91 Å². The predicted octanol–water partition coefficient (Wildman–Crippen LogP) is 5.40. The van der Waals surface area contributed by atoms with E-state index in [9.17, 15) is 14.4 Å². The summed E-state index contributed by atoms with van der Waals surface area (Å²) in [6.45, 7) is 1.64. The Bertz CT molecular complexity index is 1350. The highest BCUT2D eigenvalue weighted by molar-refractivity contribution is 6.14. The highest BCUT2D eigenvalue weighted by atomic mass is 16.6. The first-order valence-corrected chi connectivity index (χ1v) is 12.3. The maximum Gasteiger partial charge on any atom is 0.303 e. The van der Waals surface area contributed by atoms with Crippen LogP contribution >= 0.6 is 0 Å². The van der Waals surface area contributed by atoms with Gasteiger partial charge in [-0.05, 0) is 5.56 Å². The van der Waals surface area contributed by atoms with E-state index in [1.165, 1.54) is 6.92 Å². The second kappa shape index (κ2) is 10.2. The molecule has 1 saturated heterocycles. The lowest BCUT2D eigenvalue weighted by atomic mass is 9.66. The SMILES string of the molecule is CC(=O)OC(c1ccccc1)(c1ccccc1)[C@@H]1[C@@H](C(=O)c2ccccc2)C(=O)N1Cc1ccccc1. The number of esters is 1. The van der Waals surface area contributed by atoms with Crippen LogP contribution < -0.4 is 0 Å². The normalized spacial score (nSPS) is 17.1. The maximum atomic E-state index is 13.9. The first kappa shape index (κ1) is 24.2. The fourth-order valence-corrected chi connectivity index (χ4v) is 5.28. The van der Waals surface area contributed by atoms with Crippen molar-refractivity contribution in [1.82, 2.24) is 4.90 Å². The fourth-order valence-electron chi connectivity index (χ4n) is 5.28. The summed E-state index contributed by atoms with van der Waals surface area (Å²) in [5.41, 5.74) is 1.36. The minimum Gasteiger partial charge on any atom is -0.447 e. The molecule has 0 spiro atoms. The number of carbonyl (C=O) groups is 3. The highest BCUT2D eigenvalue weighted by Gasteiger charge is 2.63. The Labute approximate surface area is 216 Å². The van der Waals surface area contributed by atoms with E-state index in [4.69, 9.17) is 4.74 Å². The molecular formula is C32H27NO4. The van der Waals surface area contributed by atoms with E-state index >= 15 is 0 Å². The van der Waals surface area contributed by atoms with Gasteiger partial charge in [-0.15, -0.1) is 0 Å². The summed E-state index contributed by atoms with van der Waals surface area (Å²) >= 11 is 0. The molecule has 5 heteroatoms. The molecule has 0 bridgehead atoms. The summed E-state index contributed by atoms with van der Waals surface area (Å²) in [7, 11) is 0. The van der Waals surface area contributed by atoms with Gasteiger partial charge in [0.15, 0.2) is 11.4 Å². The zero-order valence-electron chi connectivity index (χ0n) is 20.5. The van der Waals surface area contributed by atoms with E-state index < -0.39 is 23.5 Å². The number of benzene rings is 4. The molecule has 1 aliphatic rings.